The van der Waals surface area contributed by atoms with Crippen LogP contribution in [0.5, 0.6) is 5.75 Å². The Balaban J connectivity index is 1.55. The van der Waals surface area contributed by atoms with E-state index in [1.54, 1.807) is 7.11 Å². The SMILES string of the molecule is COc1ccc(-n2c(SCC(=O)NCc3ccc(C)cc3)nnc2-c2ccccc2Cl)cc1. The van der Waals surface area contributed by atoms with E-state index in [1.165, 1.54) is 17.3 Å². The Morgan fingerprint density at radius 2 is 1.76 bits per heavy atom. The first-order valence-corrected chi connectivity index (χ1v) is 11.7. The lowest BCUT2D eigenvalue weighted by Gasteiger charge is -2.12. The van der Waals surface area contributed by atoms with Gasteiger partial charge >= 0.3 is 0 Å². The molecule has 1 aromatic heterocycles. The first-order chi connectivity index (χ1) is 16.0. The van der Waals surface area contributed by atoms with Crippen molar-refractivity contribution in [3.63, 3.8) is 0 Å². The molecule has 0 aliphatic heterocycles. The van der Waals surface area contributed by atoms with Gasteiger partial charge in [0.05, 0.1) is 17.9 Å². The lowest BCUT2D eigenvalue weighted by Crippen LogP contribution is -2.24. The number of aryl methyl sites for hydroxylation is 1. The molecule has 0 saturated carbocycles. The summed E-state index contributed by atoms with van der Waals surface area (Å²) in [4.78, 5) is 12.5. The average Bonchev–Trinajstić information content (AvgIpc) is 3.26. The van der Waals surface area contributed by atoms with E-state index in [9.17, 15) is 4.79 Å². The van der Waals surface area contributed by atoms with E-state index >= 15 is 0 Å². The Kier molecular flexibility index (Phi) is 7.32. The number of amides is 1. The van der Waals surface area contributed by atoms with Crippen molar-refractivity contribution in [3.8, 4) is 22.8 Å². The van der Waals surface area contributed by atoms with Crippen LogP contribution in [-0.2, 0) is 11.3 Å². The second-order valence-electron chi connectivity index (χ2n) is 7.37. The van der Waals surface area contributed by atoms with Gasteiger partial charge in [0.1, 0.15) is 5.75 Å². The molecule has 0 spiro atoms. The van der Waals surface area contributed by atoms with E-state index in [0.29, 0.717) is 22.5 Å². The summed E-state index contributed by atoms with van der Waals surface area (Å²) in [6.07, 6.45) is 0. The van der Waals surface area contributed by atoms with Gasteiger partial charge in [-0.15, -0.1) is 10.2 Å². The normalized spacial score (nSPS) is 10.8. The molecule has 0 atom stereocenters. The molecule has 0 bridgehead atoms. The Bertz CT molecular complexity index is 1240. The van der Waals surface area contributed by atoms with Gasteiger partial charge in [0.2, 0.25) is 5.91 Å². The van der Waals surface area contributed by atoms with Gasteiger partial charge in [0.25, 0.3) is 0 Å². The van der Waals surface area contributed by atoms with Gasteiger partial charge in [-0.05, 0) is 48.9 Å². The molecule has 0 saturated heterocycles. The number of thioether (sulfide) groups is 1. The molecule has 8 heteroatoms. The van der Waals surface area contributed by atoms with Gasteiger partial charge in [-0.3, -0.25) is 9.36 Å². The van der Waals surface area contributed by atoms with E-state index in [0.717, 1.165) is 22.6 Å². The van der Waals surface area contributed by atoms with Crippen LogP contribution in [0.15, 0.2) is 78.0 Å². The number of nitrogens with zero attached hydrogens (tertiary/aromatic N) is 3. The topological polar surface area (TPSA) is 69.0 Å². The van der Waals surface area contributed by atoms with Crippen LogP contribution in [0.2, 0.25) is 5.02 Å². The molecule has 0 aliphatic rings. The molecule has 0 unspecified atom stereocenters. The van der Waals surface area contributed by atoms with Crippen molar-refractivity contribution in [2.75, 3.05) is 12.9 Å². The molecule has 4 aromatic rings. The molecule has 1 N–H and O–H groups in total. The number of benzene rings is 3. The summed E-state index contributed by atoms with van der Waals surface area (Å²) in [7, 11) is 1.62. The van der Waals surface area contributed by atoms with Gasteiger partial charge in [-0.1, -0.05) is 65.3 Å². The molecule has 0 radical (unpaired) electrons. The monoisotopic (exact) mass is 478 g/mol. The van der Waals surface area contributed by atoms with E-state index in [1.807, 2.05) is 84.3 Å². The molecule has 0 aliphatic carbocycles. The number of rotatable bonds is 8. The van der Waals surface area contributed by atoms with Crippen LogP contribution in [0, 0.1) is 6.92 Å². The number of hydrogen-bond acceptors (Lipinski definition) is 5. The zero-order valence-corrected chi connectivity index (χ0v) is 19.9. The third-order valence-corrected chi connectivity index (χ3v) is 6.28. The maximum absolute atomic E-state index is 12.5. The predicted octanol–water partition coefficient (Wildman–Crippen LogP) is 5.31. The highest BCUT2D eigenvalue weighted by Gasteiger charge is 2.19. The molecule has 3 aromatic carbocycles. The van der Waals surface area contributed by atoms with Crippen molar-refractivity contribution in [1.82, 2.24) is 20.1 Å². The van der Waals surface area contributed by atoms with Gasteiger partial charge in [-0.2, -0.15) is 0 Å². The highest BCUT2D eigenvalue weighted by molar-refractivity contribution is 7.99. The minimum absolute atomic E-state index is 0.0795. The second-order valence-corrected chi connectivity index (χ2v) is 8.72. The summed E-state index contributed by atoms with van der Waals surface area (Å²) in [5, 5.41) is 12.9. The average molecular weight is 479 g/mol. The smallest absolute Gasteiger partial charge is 0.230 e. The Morgan fingerprint density at radius 1 is 1.03 bits per heavy atom. The summed E-state index contributed by atoms with van der Waals surface area (Å²) in [5.74, 6) is 1.48. The fraction of sp³-hybridized carbons (Fsp3) is 0.160. The zero-order valence-electron chi connectivity index (χ0n) is 18.3. The van der Waals surface area contributed by atoms with Crippen LogP contribution in [0.25, 0.3) is 17.1 Å². The molecule has 6 nitrogen and oxygen atoms in total. The van der Waals surface area contributed by atoms with Crippen molar-refractivity contribution in [3.05, 3.63) is 88.9 Å². The number of aromatic nitrogens is 3. The number of halogens is 1. The molecule has 1 heterocycles. The standard InChI is InChI=1S/C25H23ClN4O2S/c1-17-7-9-18(10-8-17)15-27-23(31)16-33-25-29-28-24(21-5-3-4-6-22(21)26)30(25)19-11-13-20(32-2)14-12-19/h3-14H,15-16H2,1-2H3,(H,27,31). The van der Waals surface area contributed by atoms with Crippen LogP contribution in [0.3, 0.4) is 0 Å². The molecule has 168 valence electrons. The molecule has 1 amide bonds. The van der Waals surface area contributed by atoms with Crippen LogP contribution >= 0.6 is 23.4 Å². The minimum Gasteiger partial charge on any atom is -0.497 e. The fourth-order valence-corrected chi connectivity index (χ4v) is 4.23. The summed E-state index contributed by atoms with van der Waals surface area (Å²) >= 11 is 7.76. The second kappa shape index (κ2) is 10.6. The minimum atomic E-state index is -0.0795. The maximum atomic E-state index is 12.5. The van der Waals surface area contributed by atoms with Crippen LogP contribution < -0.4 is 10.1 Å². The van der Waals surface area contributed by atoms with E-state index in [4.69, 9.17) is 16.3 Å². The largest absolute Gasteiger partial charge is 0.497 e. The highest BCUT2D eigenvalue weighted by atomic mass is 35.5. The molecular formula is C25H23ClN4O2S. The third-order valence-electron chi connectivity index (χ3n) is 5.02. The van der Waals surface area contributed by atoms with E-state index in [-0.39, 0.29) is 11.7 Å². The van der Waals surface area contributed by atoms with Crippen molar-refractivity contribution in [2.24, 2.45) is 0 Å². The third kappa shape index (κ3) is 5.56. The quantitative estimate of drug-likeness (QED) is 0.347. The van der Waals surface area contributed by atoms with E-state index in [2.05, 4.69) is 15.5 Å². The van der Waals surface area contributed by atoms with Crippen molar-refractivity contribution < 1.29 is 9.53 Å². The summed E-state index contributed by atoms with van der Waals surface area (Å²) in [6, 6.07) is 23.2. The zero-order chi connectivity index (χ0) is 23.2. The predicted molar refractivity (Wildman–Crippen MR) is 132 cm³/mol. The Hall–Kier alpha value is -3.29. The first kappa shape index (κ1) is 22.9. The van der Waals surface area contributed by atoms with Gasteiger partial charge in [-0.25, -0.2) is 0 Å². The molecular weight excluding hydrogens is 456 g/mol. The van der Waals surface area contributed by atoms with Gasteiger partial charge < -0.3 is 10.1 Å². The fourth-order valence-electron chi connectivity index (χ4n) is 3.23. The van der Waals surface area contributed by atoms with Gasteiger partial charge in [0, 0.05) is 17.8 Å². The number of nitrogens with one attached hydrogen (secondary N) is 1. The van der Waals surface area contributed by atoms with Crippen molar-refractivity contribution in [1.29, 1.82) is 0 Å². The highest BCUT2D eigenvalue weighted by Crippen LogP contribution is 2.32. The lowest BCUT2D eigenvalue weighted by atomic mass is 10.1. The van der Waals surface area contributed by atoms with Crippen LogP contribution in [-0.4, -0.2) is 33.5 Å². The van der Waals surface area contributed by atoms with Crippen molar-refractivity contribution >= 4 is 29.3 Å². The summed E-state index contributed by atoms with van der Waals surface area (Å²) < 4.78 is 7.18. The lowest BCUT2D eigenvalue weighted by molar-refractivity contribution is -0.118. The Labute approximate surface area is 202 Å². The number of ether oxygens (including phenoxy) is 1. The summed E-state index contributed by atoms with van der Waals surface area (Å²) in [5.41, 5.74) is 3.85. The molecule has 4 rings (SSSR count). The number of methoxy groups -OCH3 is 1. The van der Waals surface area contributed by atoms with E-state index < -0.39 is 0 Å². The first-order valence-electron chi connectivity index (χ1n) is 10.3. The van der Waals surface area contributed by atoms with Crippen LogP contribution in [0.4, 0.5) is 0 Å². The molecule has 0 fully saturated rings. The Morgan fingerprint density at radius 3 is 2.45 bits per heavy atom. The summed E-state index contributed by atoms with van der Waals surface area (Å²) in [6.45, 7) is 2.52. The van der Waals surface area contributed by atoms with Gasteiger partial charge in [0.15, 0.2) is 11.0 Å². The number of carbonyl (C=O) groups excluding carboxylic acids is 1. The molecule has 33 heavy (non-hydrogen) atoms. The van der Waals surface area contributed by atoms with Crippen LogP contribution in [0.1, 0.15) is 11.1 Å². The number of carbonyl (C=O) groups is 1. The van der Waals surface area contributed by atoms with Crippen molar-refractivity contribution in [2.45, 2.75) is 18.6 Å². The number of hydrogen-bond donors (Lipinski definition) is 1. The maximum Gasteiger partial charge on any atom is 0.230 e.